The Hall–Kier alpha value is -0.770. The van der Waals surface area contributed by atoms with Gasteiger partial charge in [0.05, 0.1) is 12.1 Å². The van der Waals surface area contributed by atoms with E-state index in [0.29, 0.717) is 16.3 Å². The van der Waals surface area contributed by atoms with Gasteiger partial charge in [0, 0.05) is 10.7 Å². The summed E-state index contributed by atoms with van der Waals surface area (Å²) in [7, 11) is 0. The molecular formula is C9H13ClN2O. The Morgan fingerprint density at radius 3 is 2.69 bits per heavy atom. The molecule has 4 heteroatoms. The van der Waals surface area contributed by atoms with E-state index in [-0.39, 0.29) is 6.61 Å². The molecule has 0 bridgehead atoms. The maximum absolute atomic E-state index is 9.04. The lowest BCUT2D eigenvalue weighted by Gasteiger charge is -2.24. The lowest BCUT2D eigenvalue weighted by atomic mass is 9.93. The number of aliphatic hydroxyl groups excluding tert-OH is 1. The van der Waals surface area contributed by atoms with Crippen LogP contribution in [-0.4, -0.2) is 11.7 Å². The van der Waals surface area contributed by atoms with Crippen molar-refractivity contribution in [2.45, 2.75) is 12.5 Å². The predicted octanol–water partition coefficient (Wildman–Crippen LogP) is 1.09. The number of halogens is 1. The smallest absolute Gasteiger partial charge is 0.0651 e. The Morgan fingerprint density at radius 1 is 1.54 bits per heavy atom. The van der Waals surface area contributed by atoms with Crippen molar-refractivity contribution < 1.29 is 5.11 Å². The van der Waals surface area contributed by atoms with Gasteiger partial charge in [0.2, 0.25) is 0 Å². The molecular weight excluding hydrogens is 188 g/mol. The molecule has 0 amide bonds. The summed E-state index contributed by atoms with van der Waals surface area (Å²) in [6.45, 7) is 1.53. The molecule has 3 nitrogen and oxygen atoms in total. The van der Waals surface area contributed by atoms with Crippen LogP contribution in [0.2, 0.25) is 5.02 Å². The molecule has 0 fully saturated rings. The number of hydrogen-bond acceptors (Lipinski definition) is 3. The van der Waals surface area contributed by atoms with Crippen LogP contribution in [0.3, 0.4) is 0 Å². The molecule has 1 aromatic carbocycles. The minimum absolute atomic E-state index is 0.169. The summed E-state index contributed by atoms with van der Waals surface area (Å²) in [5.74, 6) is 0. The summed E-state index contributed by atoms with van der Waals surface area (Å²) in [4.78, 5) is 0. The summed E-state index contributed by atoms with van der Waals surface area (Å²) >= 11 is 5.79. The van der Waals surface area contributed by atoms with Gasteiger partial charge in [0.1, 0.15) is 0 Å². The highest BCUT2D eigenvalue weighted by atomic mass is 35.5. The number of hydrogen-bond donors (Lipinski definition) is 3. The third-order valence-electron chi connectivity index (χ3n) is 1.96. The highest BCUT2D eigenvalue weighted by molar-refractivity contribution is 6.30. The van der Waals surface area contributed by atoms with Gasteiger partial charge in [-0.1, -0.05) is 11.6 Å². The van der Waals surface area contributed by atoms with Gasteiger partial charge in [-0.25, -0.2) is 0 Å². The SMILES string of the molecule is C[C@@](N)(CO)c1cc(Cl)ccc1N. The Kier molecular flexibility index (Phi) is 2.81. The van der Waals surface area contributed by atoms with Gasteiger partial charge in [0.15, 0.2) is 0 Å². The molecule has 0 spiro atoms. The van der Waals surface area contributed by atoms with Gasteiger partial charge in [-0.3, -0.25) is 0 Å². The zero-order chi connectivity index (χ0) is 10.1. The molecule has 13 heavy (non-hydrogen) atoms. The largest absolute Gasteiger partial charge is 0.398 e. The zero-order valence-corrected chi connectivity index (χ0v) is 8.17. The monoisotopic (exact) mass is 200 g/mol. The molecule has 0 aromatic heterocycles. The van der Waals surface area contributed by atoms with Gasteiger partial charge in [0.25, 0.3) is 0 Å². The van der Waals surface area contributed by atoms with Crippen LogP contribution in [0, 0.1) is 0 Å². The molecule has 5 N–H and O–H groups in total. The van der Waals surface area contributed by atoms with Gasteiger partial charge >= 0.3 is 0 Å². The second kappa shape index (κ2) is 3.54. The number of nitrogens with two attached hydrogens (primary N) is 2. The second-order valence-corrected chi connectivity index (χ2v) is 3.74. The Morgan fingerprint density at radius 2 is 2.15 bits per heavy atom. The van der Waals surface area contributed by atoms with Crippen LogP contribution >= 0.6 is 11.6 Å². The predicted molar refractivity (Wildman–Crippen MR) is 54.5 cm³/mol. The van der Waals surface area contributed by atoms with Crippen LogP contribution in [-0.2, 0) is 5.54 Å². The summed E-state index contributed by atoms with van der Waals surface area (Å²) in [6.07, 6.45) is 0. The van der Waals surface area contributed by atoms with Crippen molar-refractivity contribution in [2.24, 2.45) is 5.73 Å². The quantitative estimate of drug-likeness (QED) is 0.626. The first kappa shape index (κ1) is 10.3. The minimum Gasteiger partial charge on any atom is -0.398 e. The molecule has 0 aliphatic carbocycles. The summed E-state index contributed by atoms with van der Waals surface area (Å²) in [6, 6.07) is 5.04. The van der Waals surface area contributed by atoms with E-state index in [0.717, 1.165) is 0 Å². The Bertz CT molecular complexity index is 312. The number of rotatable bonds is 2. The first-order valence-electron chi connectivity index (χ1n) is 3.92. The van der Waals surface area contributed by atoms with Crippen LogP contribution < -0.4 is 11.5 Å². The van der Waals surface area contributed by atoms with Crippen LogP contribution in [0.25, 0.3) is 0 Å². The molecule has 0 unspecified atom stereocenters. The first-order chi connectivity index (χ1) is 5.97. The summed E-state index contributed by atoms with van der Waals surface area (Å²) < 4.78 is 0. The van der Waals surface area contributed by atoms with Crippen molar-refractivity contribution in [3.05, 3.63) is 28.8 Å². The fourth-order valence-corrected chi connectivity index (χ4v) is 1.28. The average Bonchev–Trinajstić information content (AvgIpc) is 2.09. The number of nitrogen functional groups attached to an aromatic ring is 1. The lowest BCUT2D eigenvalue weighted by molar-refractivity contribution is 0.210. The van der Waals surface area contributed by atoms with Crippen LogP contribution in [0.5, 0.6) is 0 Å². The molecule has 0 heterocycles. The van der Waals surface area contributed by atoms with Gasteiger partial charge < -0.3 is 16.6 Å². The van der Waals surface area contributed by atoms with Gasteiger partial charge in [-0.05, 0) is 30.7 Å². The normalized spacial score (nSPS) is 15.4. The maximum atomic E-state index is 9.04. The number of aliphatic hydroxyl groups is 1. The maximum Gasteiger partial charge on any atom is 0.0651 e. The standard InChI is InChI=1S/C9H13ClN2O/c1-9(12,5-13)7-4-6(10)2-3-8(7)11/h2-4,13H,5,11-12H2,1H3/t9-/m1/s1. The van der Waals surface area contributed by atoms with Gasteiger partial charge in [-0.15, -0.1) is 0 Å². The summed E-state index contributed by atoms with van der Waals surface area (Å²) in [5.41, 5.74) is 11.9. The van der Waals surface area contributed by atoms with Crippen LogP contribution in [0.15, 0.2) is 18.2 Å². The third-order valence-corrected chi connectivity index (χ3v) is 2.19. The minimum atomic E-state index is -0.838. The van der Waals surface area contributed by atoms with Gasteiger partial charge in [-0.2, -0.15) is 0 Å². The molecule has 0 radical (unpaired) electrons. The summed E-state index contributed by atoms with van der Waals surface area (Å²) in [5, 5.41) is 9.60. The van der Waals surface area contributed by atoms with Crippen molar-refractivity contribution >= 4 is 17.3 Å². The highest BCUT2D eigenvalue weighted by Gasteiger charge is 2.22. The van der Waals surface area contributed by atoms with Crippen molar-refractivity contribution in [1.29, 1.82) is 0 Å². The Labute approximate surface area is 82.3 Å². The van der Waals surface area contributed by atoms with E-state index in [1.165, 1.54) is 0 Å². The molecule has 1 aromatic rings. The molecule has 0 aliphatic heterocycles. The second-order valence-electron chi connectivity index (χ2n) is 3.31. The lowest BCUT2D eigenvalue weighted by Crippen LogP contribution is -2.37. The van der Waals surface area contributed by atoms with E-state index in [4.69, 9.17) is 28.2 Å². The zero-order valence-electron chi connectivity index (χ0n) is 7.42. The third kappa shape index (κ3) is 2.12. The molecule has 0 aliphatic rings. The molecule has 72 valence electrons. The van der Waals surface area contributed by atoms with Crippen LogP contribution in [0.4, 0.5) is 5.69 Å². The molecule has 0 saturated heterocycles. The molecule has 1 rings (SSSR count). The first-order valence-corrected chi connectivity index (χ1v) is 4.30. The van der Waals surface area contributed by atoms with E-state index < -0.39 is 5.54 Å². The Balaban J connectivity index is 3.20. The average molecular weight is 201 g/mol. The van der Waals surface area contributed by atoms with Crippen molar-refractivity contribution in [1.82, 2.24) is 0 Å². The van der Waals surface area contributed by atoms with Crippen molar-refractivity contribution in [3.8, 4) is 0 Å². The van der Waals surface area contributed by atoms with Crippen LogP contribution in [0.1, 0.15) is 12.5 Å². The van der Waals surface area contributed by atoms with E-state index in [9.17, 15) is 0 Å². The fraction of sp³-hybridized carbons (Fsp3) is 0.333. The number of anilines is 1. The van der Waals surface area contributed by atoms with E-state index >= 15 is 0 Å². The fourth-order valence-electron chi connectivity index (χ4n) is 1.11. The molecule has 1 atom stereocenters. The number of benzene rings is 1. The highest BCUT2D eigenvalue weighted by Crippen LogP contribution is 2.26. The van der Waals surface area contributed by atoms with E-state index in [1.54, 1.807) is 25.1 Å². The molecule has 0 saturated carbocycles. The van der Waals surface area contributed by atoms with E-state index in [1.807, 2.05) is 0 Å². The van der Waals surface area contributed by atoms with Crippen molar-refractivity contribution in [3.63, 3.8) is 0 Å². The van der Waals surface area contributed by atoms with E-state index in [2.05, 4.69) is 0 Å². The topological polar surface area (TPSA) is 72.3 Å². The van der Waals surface area contributed by atoms with Crippen molar-refractivity contribution in [2.75, 3.05) is 12.3 Å².